The summed E-state index contributed by atoms with van der Waals surface area (Å²) in [5.74, 6) is -1.15. The van der Waals surface area contributed by atoms with Crippen molar-refractivity contribution in [3.05, 3.63) is 35.5 Å². The van der Waals surface area contributed by atoms with Gasteiger partial charge in [0, 0.05) is 24.1 Å². The van der Waals surface area contributed by atoms with E-state index >= 15 is 0 Å². The Kier molecular flexibility index (Phi) is 4.50. The lowest BCUT2D eigenvalue weighted by molar-refractivity contribution is 0.514. The normalized spacial score (nSPS) is 13.1. The summed E-state index contributed by atoms with van der Waals surface area (Å²) in [5.41, 5.74) is 7.11. The fourth-order valence-corrected chi connectivity index (χ4v) is 2.15. The molecule has 1 aromatic heterocycles. The van der Waals surface area contributed by atoms with E-state index in [0.29, 0.717) is 17.3 Å². The molecule has 0 aliphatic carbocycles. The quantitative estimate of drug-likeness (QED) is 0.556. The molecule has 4 N–H and O–H groups in total. The maximum absolute atomic E-state index is 13.5. The summed E-state index contributed by atoms with van der Waals surface area (Å²) in [6.45, 7) is 2.96. The lowest BCUT2D eigenvalue weighted by Gasteiger charge is -2.12. The van der Waals surface area contributed by atoms with Crippen molar-refractivity contribution in [1.82, 2.24) is 10.3 Å². The van der Waals surface area contributed by atoms with Gasteiger partial charge in [-0.2, -0.15) is 0 Å². The van der Waals surface area contributed by atoms with Crippen LogP contribution in [0.3, 0.4) is 0 Å². The van der Waals surface area contributed by atoms with Gasteiger partial charge in [0.15, 0.2) is 0 Å². The second-order valence-corrected chi connectivity index (χ2v) is 4.74. The largest absolute Gasteiger partial charge is 0.359 e. The Hall–Kier alpha value is -1.46. The number of benzene rings is 1. The van der Waals surface area contributed by atoms with Crippen molar-refractivity contribution in [3.8, 4) is 0 Å². The molecule has 1 heterocycles. The third-order valence-corrected chi connectivity index (χ3v) is 3.17. The highest BCUT2D eigenvalue weighted by Gasteiger charge is 2.12. The van der Waals surface area contributed by atoms with Gasteiger partial charge >= 0.3 is 0 Å². The van der Waals surface area contributed by atoms with Crippen LogP contribution in [-0.2, 0) is 6.42 Å². The minimum Gasteiger partial charge on any atom is -0.359 e. The average molecular weight is 267 g/mol. The Labute approximate surface area is 111 Å². The standard InChI is InChI=1S/C14H19F2N3/c1-2-3-4-18-13(17)5-9-8-19-14-11(9)6-10(15)7-12(14)16/h6-8,13,18-19H,2-5,17H2,1H3/t13-/m0/s1. The lowest BCUT2D eigenvalue weighted by Crippen LogP contribution is -2.39. The molecule has 0 spiro atoms. The average Bonchev–Trinajstić information content (AvgIpc) is 2.73. The molecule has 0 fully saturated rings. The van der Waals surface area contributed by atoms with E-state index in [1.54, 1.807) is 6.20 Å². The fraction of sp³-hybridized carbons (Fsp3) is 0.429. The van der Waals surface area contributed by atoms with Gasteiger partial charge in [-0.25, -0.2) is 8.78 Å². The maximum Gasteiger partial charge on any atom is 0.150 e. The molecule has 2 rings (SSSR count). The van der Waals surface area contributed by atoms with Crippen LogP contribution >= 0.6 is 0 Å². The summed E-state index contributed by atoms with van der Waals surface area (Å²) < 4.78 is 26.8. The Balaban J connectivity index is 2.12. The van der Waals surface area contributed by atoms with Crippen LogP contribution < -0.4 is 11.1 Å². The van der Waals surface area contributed by atoms with E-state index < -0.39 is 11.6 Å². The highest BCUT2D eigenvalue weighted by molar-refractivity contribution is 5.83. The summed E-state index contributed by atoms with van der Waals surface area (Å²) in [7, 11) is 0. The first-order valence-corrected chi connectivity index (χ1v) is 6.55. The number of aromatic amines is 1. The van der Waals surface area contributed by atoms with E-state index in [1.165, 1.54) is 6.07 Å². The smallest absolute Gasteiger partial charge is 0.150 e. The molecule has 0 saturated carbocycles. The van der Waals surface area contributed by atoms with E-state index in [-0.39, 0.29) is 6.17 Å². The number of unbranched alkanes of at least 4 members (excludes halogenated alkanes) is 1. The molecule has 19 heavy (non-hydrogen) atoms. The van der Waals surface area contributed by atoms with Gasteiger partial charge in [-0.05, 0) is 24.6 Å². The Morgan fingerprint density at radius 2 is 2.16 bits per heavy atom. The van der Waals surface area contributed by atoms with E-state index in [4.69, 9.17) is 5.73 Å². The molecular weight excluding hydrogens is 248 g/mol. The van der Waals surface area contributed by atoms with Gasteiger partial charge < -0.3 is 16.0 Å². The summed E-state index contributed by atoms with van der Waals surface area (Å²) in [6, 6.07) is 2.21. The first-order chi connectivity index (χ1) is 9.11. The van der Waals surface area contributed by atoms with E-state index in [0.717, 1.165) is 31.0 Å². The van der Waals surface area contributed by atoms with Gasteiger partial charge in [-0.15, -0.1) is 0 Å². The van der Waals surface area contributed by atoms with Crippen molar-refractivity contribution in [1.29, 1.82) is 0 Å². The van der Waals surface area contributed by atoms with Crippen LogP contribution in [0.2, 0.25) is 0 Å². The van der Waals surface area contributed by atoms with Crippen molar-refractivity contribution in [2.24, 2.45) is 5.73 Å². The van der Waals surface area contributed by atoms with Crippen LogP contribution in [0.15, 0.2) is 18.3 Å². The molecule has 0 saturated heterocycles. The summed E-state index contributed by atoms with van der Waals surface area (Å²) >= 11 is 0. The summed E-state index contributed by atoms with van der Waals surface area (Å²) in [6.07, 6.45) is 4.17. The number of rotatable bonds is 6. The number of hydrogen-bond donors (Lipinski definition) is 3. The zero-order valence-corrected chi connectivity index (χ0v) is 11.0. The third-order valence-electron chi connectivity index (χ3n) is 3.17. The molecule has 0 bridgehead atoms. The van der Waals surface area contributed by atoms with Gasteiger partial charge in [0.25, 0.3) is 0 Å². The molecule has 0 amide bonds. The fourth-order valence-electron chi connectivity index (χ4n) is 2.15. The van der Waals surface area contributed by atoms with Gasteiger partial charge in [0.2, 0.25) is 0 Å². The van der Waals surface area contributed by atoms with Crippen molar-refractivity contribution in [2.75, 3.05) is 6.54 Å². The summed E-state index contributed by atoms with van der Waals surface area (Å²) in [5, 5.41) is 3.75. The monoisotopic (exact) mass is 267 g/mol. The molecular formula is C14H19F2N3. The molecule has 0 unspecified atom stereocenters. The van der Waals surface area contributed by atoms with Crippen LogP contribution in [0.1, 0.15) is 25.3 Å². The van der Waals surface area contributed by atoms with Gasteiger partial charge in [0.05, 0.1) is 11.7 Å². The second-order valence-electron chi connectivity index (χ2n) is 4.74. The van der Waals surface area contributed by atoms with Gasteiger partial charge in [-0.1, -0.05) is 13.3 Å². The highest BCUT2D eigenvalue weighted by atomic mass is 19.1. The van der Waals surface area contributed by atoms with Crippen LogP contribution in [-0.4, -0.2) is 17.7 Å². The predicted octanol–water partition coefficient (Wildman–Crippen LogP) is 2.66. The Morgan fingerprint density at radius 1 is 1.37 bits per heavy atom. The zero-order valence-electron chi connectivity index (χ0n) is 11.0. The van der Waals surface area contributed by atoms with E-state index in [1.807, 2.05) is 0 Å². The molecule has 104 valence electrons. The molecule has 1 atom stereocenters. The molecule has 5 heteroatoms. The lowest BCUT2D eigenvalue weighted by atomic mass is 10.1. The SMILES string of the molecule is CCCCN[C@H](N)Cc1c[nH]c2c(F)cc(F)cc12. The summed E-state index contributed by atoms with van der Waals surface area (Å²) in [4.78, 5) is 2.83. The number of fused-ring (bicyclic) bond motifs is 1. The second kappa shape index (κ2) is 6.12. The van der Waals surface area contributed by atoms with Crippen LogP contribution in [0.4, 0.5) is 8.78 Å². The van der Waals surface area contributed by atoms with Gasteiger partial charge in [0.1, 0.15) is 11.6 Å². The molecule has 0 radical (unpaired) electrons. The predicted molar refractivity (Wildman–Crippen MR) is 72.8 cm³/mol. The van der Waals surface area contributed by atoms with Crippen molar-refractivity contribution in [3.63, 3.8) is 0 Å². The van der Waals surface area contributed by atoms with Crippen molar-refractivity contribution < 1.29 is 8.78 Å². The number of hydrogen-bond acceptors (Lipinski definition) is 2. The third kappa shape index (κ3) is 3.30. The number of nitrogens with one attached hydrogen (secondary N) is 2. The van der Waals surface area contributed by atoms with E-state index in [2.05, 4.69) is 17.2 Å². The molecule has 3 nitrogen and oxygen atoms in total. The molecule has 1 aromatic carbocycles. The van der Waals surface area contributed by atoms with Crippen molar-refractivity contribution >= 4 is 10.9 Å². The zero-order chi connectivity index (χ0) is 13.8. The topological polar surface area (TPSA) is 53.8 Å². The van der Waals surface area contributed by atoms with Crippen LogP contribution in [0.25, 0.3) is 10.9 Å². The number of halogens is 2. The first-order valence-electron chi connectivity index (χ1n) is 6.55. The minimum atomic E-state index is -0.575. The highest BCUT2D eigenvalue weighted by Crippen LogP contribution is 2.23. The minimum absolute atomic E-state index is 0.211. The molecule has 2 aromatic rings. The molecule has 0 aliphatic rings. The molecule has 0 aliphatic heterocycles. The Morgan fingerprint density at radius 3 is 2.89 bits per heavy atom. The van der Waals surface area contributed by atoms with E-state index in [9.17, 15) is 8.78 Å². The van der Waals surface area contributed by atoms with Crippen LogP contribution in [0.5, 0.6) is 0 Å². The number of aromatic nitrogens is 1. The number of nitrogens with two attached hydrogens (primary N) is 1. The maximum atomic E-state index is 13.5. The number of H-pyrrole nitrogens is 1. The van der Waals surface area contributed by atoms with Crippen LogP contribution in [0, 0.1) is 11.6 Å². The first kappa shape index (κ1) is 14.0. The Bertz CT molecular complexity index is 551. The van der Waals surface area contributed by atoms with Crippen molar-refractivity contribution in [2.45, 2.75) is 32.4 Å². The van der Waals surface area contributed by atoms with Gasteiger partial charge in [-0.3, -0.25) is 0 Å².